The van der Waals surface area contributed by atoms with Gasteiger partial charge >= 0.3 is 0 Å². The van der Waals surface area contributed by atoms with Crippen molar-refractivity contribution < 1.29 is 18.3 Å². The smallest absolute Gasteiger partial charge is 0.277 e. The highest BCUT2D eigenvalue weighted by Gasteiger charge is 2.10. The molecular formula is C18H15ClFN3O3S. The predicted octanol–water partition coefficient (Wildman–Crippen LogP) is 3.85. The molecule has 3 aromatic rings. The Morgan fingerprint density at radius 1 is 1.15 bits per heavy atom. The summed E-state index contributed by atoms with van der Waals surface area (Å²) >= 11 is 6.93. The fourth-order valence-electron chi connectivity index (χ4n) is 2.01. The zero-order valence-electron chi connectivity index (χ0n) is 14.0. The minimum Gasteiger partial charge on any atom is -0.484 e. The van der Waals surface area contributed by atoms with Gasteiger partial charge in [-0.05, 0) is 42.0 Å². The molecular weight excluding hydrogens is 393 g/mol. The minimum absolute atomic E-state index is 0.117. The fraction of sp³-hybridized carbons (Fsp3) is 0.167. The van der Waals surface area contributed by atoms with Crippen LogP contribution in [0, 0.1) is 5.82 Å². The number of amides is 1. The first-order valence-electron chi connectivity index (χ1n) is 7.93. The number of halogens is 2. The Labute approximate surface area is 164 Å². The van der Waals surface area contributed by atoms with Gasteiger partial charge in [0.15, 0.2) is 6.61 Å². The minimum atomic E-state index is -0.312. The van der Waals surface area contributed by atoms with Crippen LogP contribution in [-0.4, -0.2) is 21.9 Å². The third-order valence-electron chi connectivity index (χ3n) is 3.35. The van der Waals surface area contributed by atoms with Crippen LogP contribution in [0.5, 0.6) is 5.75 Å². The highest BCUT2D eigenvalue weighted by molar-refractivity contribution is 7.99. The molecule has 0 spiro atoms. The Morgan fingerprint density at radius 2 is 1.89 bits per heavy atom. The molecule has 0 unspecified atom stereocenters. The van der Waals surface area contributed by atoms with Gasteiger partial charge in [-0.15, -0.1) is 10.2 Å². The van der Waals surface area contributed by atoms with Crippen molar-refractivity contribution in [1.29, 1.82) is 0 Å². The molecule has 0 aliphatic carbocycles. The average molecular weight is 408 g/mol. The molecule has 0 aliphatic heterocycles. The van der Waals surface area contributed by atoms with Crippen molar-refractivity contribution in [2.45, 2.75) is 18.4 Å². The lowest BCUT2D eigenvalue weighted by Gasteiger charge is -2.04. The number of nitrogens with zero attached hydrogens (tertiary/aromatic N) is 2. The Morgan fingerprint density at radius 3 is 2.63 bits per heavy atom. The van der Waals surface area contributed by atoms with E-state index in [0.717, 1.165) is 17.3 Å². The van der Waals surface area contributed by atoms with Crippen LogP contribution in [0.4, 0.5) is 4.39 Å². The van der Waals surface area contributed by atoms with Crippen LogP contribution in [0.25, 0.3) is 0 Å². The summed E-state index contributed by atoms with van der Waals surface area (Å²) in [4.78, 5) is 11.9. The molecule has 0 saturated carbocycles. The zero-order valence-corrected chi connectivity index (χ0v) is 15.6. The third kappa shape index (κ3) is 6.26. The predicted molar refractivity (Wildman–Crippen MR) is 99.1 cm³/mol. The van der Waals surface area contributed by atoms with E-state index in [-0.39, 0.29) is 29.3 Å². The number of hydrogen-bond acceptors (Lipinski definition) is 6. The summed E-state index contributed by atoms with van der Waals surface area (Å²) in [5, 5.41) is 11.4. The van der Waals surface area contributed by atoms with Crippen molar-refractivity contribution in [3.05, 3.63) is 70.8 Å². The van der Waals surface area contributed by atoms with Gasteiger partial charge < -0.3 is 14.5 Å². The number of benzene rings is 2. The molecule has 0 aliphatic rings. The quantitative estimate of drug-likeness (QED) is 0.571. The van der Waals surface area contributed by atoms with Crippen molar-refractivity contribution in [2.24, 2.45) is 0 Å². The summed E-state index contributed by atoms with van der Waals surface area (Å²) < 4.78 is 23.8. The number of nitrogens with one attached hydrogen (secondary N) is 1. The normalized spacial score (nSPS) is 10.6. The lowest BCUT2D eigenvalue weighted by molar-refractivity contribution is -0.118. The highest BCUT2D eigenvalue weighted by atomic mass is 35.5. The summed E-state index contributed by atoms with van der Waals surface area (Å²) in [7, 11) is 0. The van der Waals surface area contributed by atoms with Crippen molar-refractivity contribution >= 4 is 29.3 Å². The SMILES string of the molecule is O=C(CSc1nnc(COc2ccc(Cl)cc2)o1)NCc1ccc(F)cc1. The summed E-state index contributed by atoms with van der Waals surface area (Å²) in [6.45, 7) is 0.440. The molecule has 1 heterocycles. The number of hydrogen-bond donors (Lipinski definition) is 1. The van der Waals surface area contributed by atoms with Gasteiger partial charge in [-0.1, -0.05) is 35.5 Å². The van der Waals surface area contributed by atoms with E-state index in [2.05, 4.69) is 15.5 Å². The van der Waals surface area contributed by atoms with E-state index in [9.17, 15) is 9.18 Å². The molecule has 140 valence electrons. The molecule has 1 N–H and O–H groups in total. The third-order valence-corrected chi connectivity index (χ3v) is 4.42. The summed E-state index contributed by atoms with van der Waals surface area (Å²) in [5.74, 6) is 0.557. The van der Waals surface area contributed by atoms with Gasteiger partial charge in [-0.3, -0.25) is 4.79 Å². The molecule has 9 heteroatoms. The van der Waals surface area contributed by atoms with E-state index in [0.29, 0.717) is 23.2 Å². The van der Waals surface area contributed by atoms with Gasteiger partial charge in [0.25, 0.3) is 11.1 Å². The lowest BCUT2D eigenvalue weighted by Crippen LogP contribution is -2.24. The monoisotopic (exact) mass is 407 g/mol. The summed E-state index contributed by atoms with van der Waals surface area (Å²) in [6.07, 6.45) is 0. The number of carbonyl (C=O) groups excluding carboxylic acids is 1. The van der Waals surface area contributed by atoms with E-state index in [1.54, 1.807) is 36.4 Å². The molecule has 0 radical (unpaired) electrons. The van der Waals surface area contributed by atoms with E-state index in [4.69, 9.17) is 20.8 Å². The number of aromatic nitrogens is 2. The number of carbonyl (C=O) groups is 1. The standard InChI is InChI=1S/C18H15ClFN3O3S/c19-13-3-7-15(8-4-13)25-10-17-22-23-18(26-17)27-11-16(24)21-9-12-1-5-14(20)6-2-12/h1-8H,9-11H2,(H,21,24). The van der Waals surface area contributed by atoms with Crippen molar-refractivity contribution in [2.75, 3.05) is 5.75 Å². The van der Waals surface area contributed by atoms with E-state index < -0.39 is 0 Å². The number of ether oxygens (including phenoxy) is 1. The maximum atomic E-state index is 12.8. The van der Waals surface area contributed by atoms with Gasteiger partial charge in [-0.2, -0.15) is 0 Å². The van der Waals surface area contributed by atoms with Crippen LogP contribution in [-0.2, 0) is 17.9 Å². The number of rotatable bonds is 8. The summed E-state index contributed by atoms with van der Waals surface area (Å²) in [5.41, 5.74) is 0.814. The van der Waals surface area contributed by atoms with Crippen LogP contribution in [0.15, 0.2) is 58.2 Å². The molecule has 1 amide bonds. The van der Waals surface area contributed by atoms with Crippen molar-refractivity contribution in [3.63, 3.8) is 0 Å². The number of thioether (sulfide) groups is 1. The van der Waals surface area contributed by atoms with Gasteiger partial charge in [0.05, 0.1) is 5.75 Å². The van der Waals surface area contributed by atoms with Crippen LogP contribution in [0.3, 0.4) is 0 Å². The van der Waals surface area contributed by atoms with Crippen LogP contribution in [0.2, 0.25) is 5.02 Å². The molecule has 0 saturated heterocycles. The lowest BCUT2D eigenvalue weighted by atomic mass is 10.2. The van der Waals surface area contributed by atoms with Crippen LogP contribution in [0.1, 0.15) is 11.5 Å². The zero-order chi connectivity index (χ0) is 19.1. The van der Waals surface area contributed by atoms with E-state index >= 15 is 0 Å². The van der Waals surface area contributed by atoms with Gasteiger partial charge in [0, 0.05) is 11.6 Å². The van der Waals surface area contributed by atoms with Gasteiger partial charge in [0.1, 0.15) is 11.6 Å². The van der Waals surface area contributed by atoms with Crippen LogP contribution >= 0.6 is 23.4 Å². The van der Waals surface area contributed by atoms with Crippen molar-refractivity contribution in [1.82, 2.24) is 15.5 Å². The largest absolute Gasteiger partial charge is 0.484 e. The van der Waals surface area contributed by atoms with Gasteiger partial charge in [0.2, 0.25) is 5.91 Å². The van der Waals surface area contributed by atoms with Crippen LogP contribution < -0.4 is 10.1 Å². The first-order chi connectivity index (χ1) is 13.1. The molecule has 0 atom stereocenters. The Kier molecular flexibility index (Phi) is 6.67. The first-order valence-corrected chi connectivity index (χ1v) is 9.29. The first kappa shape index (κ1) is 19.2. The Bertz CT molecular complexity index is 888. The maximum absolute atomic E-state index is 12.8. The second-order valence-electron chi connectivity index (χ2n) is 5.40. The van der Waals surface area contributed by atoms with Gasteiger partial charge in [-0.25, -0.2) is 4.39 Å². The van der Waals surface area contributed by atoms with Crippen molar-refractivity contribution in [3.8, 4) is 5.75 Å². The second-order valence-corrected chi connectivity index (χ2v) is 6.76. The molecule has 0 fully saturated rings. The topological polar surface area (TPSA) is 77.2 Å². The molecule has 1 aromatic heterocycles. The Balaban J connectivity index is 1.40. The Hall–Kier alpha value is -2.58. The summed E-state index contributed by atoms with van der Waals surface area (Å²) in [6, 6.07) is 12.8. The molecule has 6 nitrogen and oxygen atoms in total. The molecule has 2 aromatic carbocycles. The highest BCUT2D eigenvalue weighted by Crippen LogP contribution is 2.19. The molecule has 27 heavy (non-hydrogen) atoms. The molecule has 3 rings (SSSR count). The van der Waals surface area contributed by atoms with E-state index in [1.807, 2.05) is 0 Å². The fourth-order valence-corrected chi connectivity index (χ4v) is 2.75. The maximum Gasteiger partial charge on any atom is 0.277 e. The average Bonchev–Trinajstić information content (AvgIpc) is 3.13. The second kappa shape index (κ2) is 9.38. The molecule has 0 bridgehead atoms. The van der Waals surface area contributed by atoms with E-state index in [1.165, 1.54) is 12.1 Å².